The summed E-state index contributed by atoms with van der Waals surface area (Å²) in [7, 11) is 0. The molecule has 0 unspecified atom stereocenters. The van der Waals surface area contributed by atoms with Gasteiger partial charge in [0.1, 0.15) is 0 Å². The summed E-state index contributed by atoms with van der Waals surface area (Å²) in [5.41, 5.74) is 1.19. The molecular weight excluding hydrogens is 291 g/mol. The third-order valence-corrected chi connectivity index (χ3v) is 2.56. The Bertz CT molecular complexity index is 422. The lowest BCUT2D eigenvalue weighted by atomic mass is 10.1. The van der Waals surface area contributed by atoms with E-state index in [1.54, 1.807) is 0 Å². The second kappa shape index (κ2) is 4.08. The molecule has 0 amide bonds. The zero-order valence-corrected chi connectivity index (χ0v) is 9.85. The topological polar surface area (TPSA) is 38.9 Å². The van der Waals surface area contributed by atoms with E-state index in [2.05, 4.69) is 57.0 Å². The van der Waals surface area contributed by atoms with Crippen molar-refractivity contribution in [1.29, 1.82) is 0 Å². The van der Waals surface area contributed by atoms with Gasteiger partial charge in [-0.05, 0) is 47.2 Å². The predicted molar refractivity (Wildman–Crippen MR) is 61.0 cm³/mol. The Morgan fingerprint density at radius 3 is 2.57 bits per heavy atom. The van der Waals surface area contributed by atoms with Crippen LogP contribution >= 0.6 is 22.6 Å². The van der Waals surface area contributed by atoms with Crippen LogP contribution < -0.4 is 0 Å². The Morgan fingerprint density at radius 2 is 2.00 bits per heavy atom. The van der Waals surface area contributed by atoms with E-state index in [1.807, 2.05) is 6.92 Å². The Hall–Kier alpha value is -0.910. The van der Waals surface area contributed by atoms with Gasteiger partial charge in [-0.2, -0.15) is 4.98 Å². The second-order valence-electron chi connectivity index (χ2n) is 3.04. The molecule has 0 radical (unpaired) electrons. The fraction of sp³-hybridized carbons (Fsp3) is 0.200. The number of hydrogen-bond donors (Lipinski definition) is 0. The summed E-state index contributed by atoms with van der Waals surface area (Å²) in [6.07, 6.45) is 0.706. The van der Waals surface area contributed by atoms with Crippen LogP contribution in [0, 0.1) is 10.5 Å². The van der Waals surface area contributed by atoms with Crippen LogP contribution in [-0.2, 0) is 6.42 Å². The van der Waals surface area contributed by atoms with Crippen LogP contribution in [0.4, 0.5) is 0 Å². The maximum Gasteiger partial charge on any atom is 0.231 e. The molecule has 0 aliphatic heterocycles. The number of aromatic nitrogens is 2. The Morgan fingerprint density at radius 1 is 1.29 bits per heavy atom. The average Bonchev–Trinajstić information content (AvgIpc) is 2.56. The molecule has 1 aromatic carbocycles. The van der Waals surface area contributed by atoms with Crippen molar-refractivity contribution in [2.75, 3.05) is 0 Å². The van der Waals surface area contributed by atoms with E-state index < -0.39 is 0 Å². The first-order valence-electron chi connectivity index (χ1n) is 4.27. The number of benzene rings is 1. The standard InChI is InChI=1S/C10H9IN2O/c1-7-12-10(14-13-7)6-8-2-4-9(11)5-3-8/h2-5H,6H2,1H3. The Balaban J connectivity index is 2.15. The molecule has 0 spiro atoms. The minimum absolute atomic E-state index is 0.670. The SMILES string of the molecule is Cc1noc(Cc2ccc(I)cc2)n1. The fourth-order valence-corrected chi connectivity index (χ4v) is 1.55. The van der Waals surface area contributed by atoms with Crippen molar-refractivity contribution < 1.29 is 4.52 Å². The first-order valence-corrected chi connectivity index (χ1v) is 5.35. The molecule has 4 heteroatoms. The summed E-state index contributed by atoms with van der Waals surface area (Å²) in [6.45, 7) is 1.82. The molecule has 0 atom stereocenters. The molecule has 0 aliphatic carbocycles. The van der Waals surface area contributed by atoms with Crippen molar-refractivity contribution in [3.05, 3.63) is 45.1 Å². The number of halogens is 1. The number of hydrogen-bond acceptors (Lipinski definition) is 3. The van der Waals surface area contributed by atoms with Crippen LogP contribution in [0.5, 0.6) is 0 Å². The first kappa shape index (κ1) is 9.64. The number of rotatable bonds is 2. The van der Waals surface area contributed by atoms with Gasteiger partial charge in [-0.3, -0.25) is 0 Å². The van der Waals surface area contributed by atoms with E-state index in [4.69, 9.17) is 4.52 Å². The van der Waals surface area contributed by atoms with Crippen molar-refractivity contribution in [2.24, 2.45) is 0 Å². The minimum Gasteiger partial charge on any atom is -0.339 e. The van der Waals surface area contributed by atoms with Gasteiger partial charge in [0.15, 0.2) is 5.82 Å². The van der Waals surface area contributed by atoms with Crippen molar-refractivity contribution >= 4 is 22.6 Å². The molecule has 72 valence electrons. The van der Waals surface area contributed by atoms with Gasteiger partial charge >= 0.3 is 0 Å². The van der Waals surface area contributed by atoms with Crippen LogP contribution in [0.15, 0.2) is 28.8 Å². The number of aryl methyl sites for hydroxylation is 1. The third-order valence-electron chi connectivity index (χ3n) is 1.84. The lowest BCUT2D eigenvalue weighted by Gasteiger charge is -1.95. The lowest BCUT2D eigenvalue weighted by molar-refractivity contribution is 0.381. The third kappa shape index (κ3) is 2.31. The summed E-state index contributed by atoms with van der Waals surface area (Å²) in [5.74, 6) is 1.36. The number of nitrogens with zero attached hydrogens (tertiary/aromatic N) is 2. The molecule has 0 aliphatic rings. The molecule has 14 heavy (non-hydrogen) atoms. The van der Waals surface area contributed by atoms with Gasteiger partial charge in [-0.25, -0.2) is 0 Å². The fourth-order valence-electron chi connectivity index (χ4n) is 1.19. The van der Waals surface area contributed by atoms with E-state index in [9.17, 15) is 0 Å². The van der Waals surface area contributed by atoms with Gasteiger partial charge in [0.25, 0.3) is 0 Å². The van der Waals surface area contributed by atoms with Gasteiger partial charge in [0.05, 0.1) is 6.42 Å². The molecule has 2 rings (SSSR count). The predicted octanol–water partition coefficient (Wildman–Crippen LogP) is 2.57. The Labute approximate surface area is 95.7 Å². The Kier molecular flexibility index (Phi) is 2.81. The first-order chi connectivity index (χ1) is 6.74. The summed E-state index contributed by atoms with van der Waals surface area (Å²) in [6, 6.07) is 8.28. The summed E-state index contributed by atoms with van der Waals surface area (Å²) in [5, 5.41) is 3.74. The zero-order valence-electron chi connectivity index (χ0n) is 7.70. The summed E-state index contributed by atoms with van der Waals surface area (Å²) < 4.78 is 6.27. The van der Waals surface area contributed by atoms with Crippen molar-refractivity contribution in [3.8, 4) is 0 Å². The molecule has 0 fully saturated rings. The quantitative estimate of drug-likeness (QED) is 0.800. The van der Waals surface area contributed by atoms with E-state index in [0.29, 0.717) is 18.1 Å². The minimum atomic E-state index is 0.670. The highest BCUT2D eigenvalue weighted by atomic mass is 127. The van der Waals surface area contributed by atoms with Crippen LogP contribution in [0.2, 0.25) is 0 Å². The summed E-state index contributed by atoms with van der Waals surface area (Å²) in [4.78, 5) is 4.15. The maximum atomic E-state index is 5.04. The largest absolute Gasteiger partial charge is 0.339 e. The highest BCUT2D eigenvalue weighted by Gasteiger charge is 2.03. The molecule has 3 nitrogen and oxygen atoms in total. The van der Waals surface area contributed by atoms with Crippen molar-refractivity contribution in [2.45, 2.75) is 13.3 Å². The van der Waals surface area contributed by atoms with E-state index in [-0.39, 0.29) is 0 Å². The summed E-state index contributed by atoms with van der Waals surface area (Å²) >= 11 is 2.28. The van der Waals surface area contributed by atoms with Crippen molar-refractivity contribution in [1.82, 2.24) is 10.1 Å². The molecule has 1 aromatic heterocycles. The average molecular weight is 300 g/mol. The van der Waals surface area contributed by atoms with Crippen molar-refractivity contribution in [3.63, 3.8) is 0 Å². The van der Waals surface area contributed by atoms with Crippen LogP contribution in [-0.4, -0.2) is 10.1 Å². The van der Waals surface area contributed by atoms with Gasteiger partial charge in [-0.15, -0.1) is 0 Å². The molecule has 0 N–H and O–H groups in total. The zero-order chi connectivity index (χ0) is 9.97. The molecule has 1 heterocycles. The van der Waals surface area contributed by atoms with E-state index in [0.717, 1.165) is 0 Å². The van der Waals surface area contributed by atoms with Gasteiger partial charge in [0, 0.05) is 3.57 Å². The highest BCUT2D eigenvalue weighted by Crippen LogP contribution is 2.10. The van der Waals surface area contributed by atoms with Crippen LogP contribution in [0.25, 0.3) is 0 Å². The molecule has 0 saturated carbocycles. The lowest BCUT2D eigenvalue weighted by Crippen LogP contribution is -1.88. The molecule has 2 aromatic rings. The molecule has 0 bridgehead atoms. The smallest absolute Gasteiger partial charge is 0.231 e. The van der Waals surface area contributed by atoms with Crippen LogP contribution in [0.3, 0.4) is 0 Å². The normalized spacial score (nSPS) is 10.4. The van der Waals surface area contributed by atoms with Gasteiger partial charge in [0.2, 0.25) is 5.89 Å². The monoisotopic (exact) mass is 300 g/mol. The van der Waals surface area contributed by atoms with E-state index >= 15 is 0 Å². The highest BCUT2D eigenvalue weighted by molar-refractivity contribution is 14.1. The van der Waals surface area contributed by atoms with E-state index in [1.165, 1.54) is 9.13 Å². The second-order valence-corrected chi connectivity index (χ2v) is 4.28. The van der Waals surface area contributed by atoms with Gasteiger partial charge in [-0.1, -0.05) is 17.3 Å². The molecular formula is C10H9IN2O. The maximum absolute atomic E-state index is 5.04. The van der Waals surface area contributed by atoms with Gasteiger partial charge < -0.3 is 4.52 Å². The van der Waals surface area contributed by atoms with Crippen LogP contribution in [0.1, 0.15) is 17.3 Å². The molecule has 0 saturated heterocycles.